The average molecular weight is 382 g/mol. The number of amides is 2. The molecule has 1 aromatic carbocycles. The third-order valence-electron chi connectivity index (χ3n) is 3.68. The molecule has 26 heavy (non-hydrogen) atoms. The van der Waals surface area contributed by atoms with Gasteiger partial charge in [-0.1, -0.05) is 18.2 Å². The van der Waals surface area contributed by atoms with Crippen LogP contribution in [0.2, 0.25) is 0 Å². The molecule has 0 aromatic heterocycles. The highest BCUT2D eigenvalue weighted by Crippen LogP contribution is 2.09. The van der Waals surface area contributed by atoms with E-state index in [1.165, 1.54) is 12.1 Å². The number of nitrogens with zero attached hydrogens (tertiary/aromatic N) is 2. The van der Waals surface area contributed by atoms with Crippen molar-refractivity contribution in [2.45, 2.75) is 24.7 Å². The van der Waals surface area contributed by atoms with Gasteiger partial charge in [-0.3, -0.25) is 4.79 Å². The number of benzene rings is 1. The SMILES string of the molecule is CCOC(=O)N1CCC(=NNC(=O)CNS(=O)(=O)c2ccccc2)CC1. The third kappa shape index (κ3) is 5.81. The molecule has 0 unspecified atom stereocenters. The molecule has 0 atom stereocenters. The summed E-state index contributed by atoms with van der Waals surface area (Å²) in [7, 11) is -3.74. The second-order valence-corrected chi connectivity index (χ2v) is 7.30. The summed E-state index contributed by atoms with van der Waals surface area (Å²) in [5.41, 5.74) is 3.07. The summed E-state index contributed by atoms with van der Waals surface area (Å²) < 4.78 is 31.2. The van der Waals surface area contributed by atoms with E-state index in [2.05, 4.69) is 15.2 Å². The normalized spacial score (nSPS) is 14.7. The zero-order valence-corrected chi connectivity index (χ0v) is 15.3. The number of hydrazone groups is 1. The smallest absolute Gasteiger partial charge is 0.409 e. The van der Waals surface area contributed by atoms with Crippen molar-refractivity contribution in [1.29, 1.82) is 0 Å². The van der Waals surface area contributed by atoms with Crippen molar-refractivity contribution in [1.82, 2.24) is 15.0 Å². The highest BCUT2D eigenvalue weighted by Gasteiger charge is 2.21. The Morgan fingerprint density at radius 3 is 2.46 bits per heavy atom. The van der Waals surface area contributed by atoms with Crippen LogP contribution in [-0.2, 0) is 19.6 Å². The summed E-state index contributed by atoms with van der Waals surface area (Å²) in [5.74, 6) is -0.565. The van der Waals surface area contributed by atoms with E-state index in [0.717, 1.165) is 5.71 Å². The lowest BCUT2D eigenvalue weighted by Crippen LogP contribution is -2.40. The van der Waals surface area contributed by atoms with Crippen molar-refractivity contribution < 1.29 is 22.7 Å². The van der Waals surface area contributed by atoms with Crippen molar-refractivity contribution in [3.05, 3.63) is 30.3 Å². The highest BCUT2D eigenvalue weighted by molar-refractivity contribution is 7.89. The number of carbonyl (C=O) groups is 2. The second kappa shape index (κ2) is 9.30. The maximum atomic E-state index is 12.0. The van der Waals surface area contributed by atoms with E-state index in [0.29, 0.717) is 32.5 Å². The van der Waals surface area contributed by atoms with Crippen LogP contribution in [0.15, 0.2) is 40.3 Å². The molecule has 0 bridgehead atoms. The Hall–Kier alpha value is -2.46. The number of hydrogen-bond donors (Lipinski definition) is 2. The van der Waals surface area contributed by atoms with Gasteiger partial charge in [0.05, 0.1) is 18.0 Å². The Morgan fingerprint density at radius 2 is 1.85 bits per heavy atom. The molecule has 2 rings (SSSR count). The number of rotatable bonds is 6. The van der Waals surface area contributed by atoms with Crippen molar-refractivity contribution in [3.63, 3.8) is 0 Å². The number of piperidine rings is 1. The maximum Gasteiger partial charge on any atom is 0.409 e. The van der Waals surface area contributed by atoms with E-state index in [1.807, 2.05) is 0 Å². The highest BCUT2D eigenvalue weighted by atomic mass is 32.2. The number of nitrogens with one attached hydrogen (secondary N) is 2. The first-order valence-corrected chi connectivity index (χ1v) is 9.71. The van der Waals surface area contributed by atoms with Gasteiger partial charge in [0.2, 0.25) is 10.0 Å². The predicted octanol–water partition coefficient (Wildman–Crippen LogP) is 0.689. The number of carbonyl (C=O) groups excluding carboxylic acids is 2. The van der Waals surface area contributed by atoms with Crippen LogP contribution >= 0.6 is 0 Å². The Kier molecular flexibility index (Phi) is 7.10. The molecule has 142 valence electrons. The van der Waals surface area contributed by atoms with E-state index in [1.54, 1.807) is 30.0 Å². The fourth-order valence-electron chi connectivity index (χ4n) is 2.30. The van der Waals surface area contributed by atoms with E-state index in [4.69, 9.17) is 4.74 Å². The Balaban J connectivity index is 1.77. The van der Waals surface area contributed by atoms with E-state index in [-0.39, 0.29) is 11.0 Å². The third-order valence-corrected chi connectivity index (χ3v) is 5.10. The molecule has 1 aromatic rings. The van der Waals surface area contributed by atoms with Crippen LogP contribution in [0.3, 0.4) is 0 Å². The lowest BCUT2D eigenvalue weighted by molar-refractivity contribution is -0.119. The molecule has 0 aliphatic carbocycles. The first-order valence-electron chi connectivity index (χ1n) is 8.23. The molecule has 2 N–H and O–H groups in total. The van der Waals surface area contributed by atoms with Gasteiger partial charge in [-0.2, -0.15) is 5.10 Å². The molecule has 1 heterocycles. The standard InChI is InChI=1S/C16H22N4O5S/c1-2-25-16(22)20-10-8-13(9-11-20)18-19-15(21)12-17-26(23,24)14-6-4-3-5-7-14/h3-7,17H,2,8-12H2,1H3,(H,19,21). The Morgan fingerprint density at radius 1 is 1.19 bits per heavy atom. The largest absolute Gasteiger partial charge is 0.450 e. The van der Waals surface area contributed by atoms with Gasteiger partial charge < -0.3 is 9.64 Å². The van der Waals surface area contributed by atoms with E-state index >= 15 is 0 Å². The number of hydrogen-bond acceptors (Lipinski definition) is 6. The quantitative estimate of drug-likeness (QED) is 0.702. The zero-order chi connectivity index (χ0) is 19.0. The molecule has 0 spiro atoms. The molecule has 10 heteroatoms. The predicted molar refractivity (Wildman–Crippen MR) is 95.0 cm³/mol. The zero-order valence-electron chi connectivity index (χ0n) is 14.5. The van der Waals surface area contributed by atoms with Gasteiger partial charge in [0.1, 0.15) is 0 Å². The Bertz CT molecular complexity index is 754. The molecule has 0 saturated carbocycles. The average Bonchev–Trinajstić information content (AvgIpc) is 2.66. The van der Waals surface area contributed by atoms with E-state index < -0.39 is 22.5 Å². The summed E-state index contributed by atoms with van der Waals surface area (Å²) in [4.78, 5) is 25.1. The van der Waals surface area contributed by atoms with Crippen LogP contribution in [0.4, 0.5) is 4.79 Å². The Labute approximate surface area is 152 Å². The van der Waals surface area contributed by atoms with Crippen LogP contribution in [0.5, 0.6) is 0 Å². The summed E-state index contributed by atoms with van der Waals surface area (Å²) >= 11 is 0. The van der Waals surface area contributed by atoms with Crippen LogP contribution in [0.1, 0.15) is 19.8 Å². The summed E-state index contributed by atoms with van der Waals surface area (Å²) in [5, 5.41) is 4.00. The van der Waals surface area contributed by atoms with Crippen LogP contribution in [0, 0.1) is 0 Å². The first-order chi connectivity index (χ1) is 12.4. The van der Waals surface area contributed by atoms with Crippen molar-refractivity contribution >= 4 is 27.7 Å². The van der Waals surface area contributed by atoms with Gasteiger partial charge in [-0.15, -0.1) is 0 Å². The number of likely N-dealkylation sites (tertiary alicyclic amines) is 1. The second-order valence-electron chi connectivity index (χ2n) is 5.54. The fraction of sp³-hybridized carbons (Fsp3) is 0.438. The van der Waals surface area contributed by atoms with Crippen LogP contribution in [-0.4, -0.2) is 57.3 Å². The molecule has 0 radical (unpaired) electrons. The van der Waals surface area contributed by atoms with Crippen molar-refractivity contribution in [2.75, 3.05) is 26.2 Å². The minimum absolute atomic E-state index is 0.0884. The van der Waals surface area contributed by atoms with Gasteiger partial charge in [0, 0.05) is 31.6 Å². The summed E-state index contributed by atoms with van der Waals surface area (Å²) in [6, 6.07) is 7.79. The number of sulfonamides is 1. The molecular weight excluding hydrogens is 360 g/mol. The maximum absolute atomic E-state index is 12.0. The van der Waals surface area contributed by atoms with Gasteiger partial charge in [0.25, 0.3) is 5.91 Å². The minimum atomic E-state index is -3.74. The van der Waals surface area contributed by atoms with Crippen molar-refractivity contribution in [2.24, 2.45) is 5.10 Å². The van der Waals surface area contributed by atoms with Gasteiger partial charge in [0.15, 0.2) is 0 Å². The minimum Gasteiger partial charge on any atom is -0.450 e. The lowest BCUT2D eigenvalue weighted by atomic mass is 10.1. The topological polar surface area (TPSA) is 117 Å². The van der Waals surface area contributed by atoms with Crippen LogP contribution in [0.25, 0.3) is 0 Å². The summed E-state index contributed by atoms with van der Waals surface area (Å²) in [6.45, 7) is 2.59. The molecule has 9 nitrogen and oxygen atoms in total. The van der Waals surface area contributed by atoms with Gasteiger partial charge in [-0.05, 0) is 19.1 Å². The molecular formula is C16H22N4O5S. The van der Waals surface area contributed by atoms with Crippen molar-refractivity contribution in [3.8, 4) is 0 Å². The molecule has 2 amide bonds. The van der Waals surface area contributed by atoms with E-state index in [9.17, 15) is 18.0 Å². The lowest BCUT2D eigenvalue weighted by Gasteiger charge is -2.26. The molecule has 1 fully saturated rings. The molecule has 1 aliphatic rings. The van der Waals surface area contributed by atoms with Crippen LogP contribution < -0.4 is 10.1 Å². The number of ether oxygens (including phenoxy) is 1. The summed E-state index contributed by atoms with van der Waals surface area (Å²) in [6.07, 6.45) is 0.690. The molecule has 1 aliphatic heterocycles. The first kappa shape index (κ1) is 19.9. The monoisotopic (exact) mass is 382 g/mol. The fourth-order valence-corrected chi connectivity index (χ4v) is 3.30. The van der Waals surface area contributed by atoms with Gasteiger partial charge >= 0.3 is 6.09 Å². The van der Waals surface area contributed by atoms with Gasteiger partial charge in [-0.25, -0.2) is 23.4 Å². The molecule has 1 saturated heterocycles.